The maximum atomic E-state index is 12.9. The Morgan fingerprint density at radius 3 is 2.41 bits per heavy atom. The molecule has 0 bridgehead atoms. The van der Waals surface area contributed by atoms with E-state index in [1.165, 1.54) is 29.9 Å². The molecule has 6 nitrogen and oxygen atoms in total. The molecule has 144 valence electrons. The van der Waals surface area contributed by atoms with Gasteiger partial charge in [-0.2, -0.15) is 13.2 Å². The number of alkyl halides is 3. The predicted molar refractivity (Wildman–Crippen MR) is 89.5 cm³/mol. The van der Waals surface area contributed by atoms with Crippen LogP contribution in [0.5, 0.6) is 0 Å². The van der Waals surface area contributed by atoms with Crippen molar-refractivity contribution in [1.29, 1.82) is 0 Å². The van der Waals surface area contributed by atoms with Crippen LogP contribution >= 0.6 is 0 Å². The van der Waals surface area contributed by atoms with Gasteiger partial charge in [-0.15, -0.1) is 0 Å². The molecule has 27 heavy (non-hydrogen) atoms. The first-order valence-electron chi connectivity index (χ1n) is 8.33. The number of ether oxygens (including phenoxy) is 1. The Morgan fingerprint density at radius 2 is 1.81 bits per heavy atom. The van der Waals surface area contributed by atoms with E-state index in [-0.39, 0.29) is 28.9 Å². The Morgan fingerprint density at radius 1 is 1.15 bits per heavy atom. The zero-order valence-electron chi connectivity index (χ0n) is 14.5. The highest BCUT2D eigenvalue weighted by Gasteiger charge is 2.41. The van der Waals surface area contributed by atoms with Gasteiger partial charge in [-0.25, -0.2) is 4.79 Å². The average Bonchev–Trinajstić information content (AvgIpc) is 3.28. The third-order valence-electron chi connectivity index (χ3n) is 4.57. The first-order valence-corrected chi connectivity index (χ1v) is 8.33. The number of hydrogen-bond donors (Lipinski definition) is 0. The molecule has 0 aliphatic carbocycles. The number of aromatic nitrogens is 1. The maximum Gasteiger partial charge on any atom is 0.454 e. The molecule has 0 saturated carbocycles. The summed E-state index contributed by atoms with van der Waals surface area (Å²) >= 11 is 0. The van der Waals surface area contributed by atoms with Gasteiger partial charge in [-0.05, 0) is 25.0 Å². The van der Waals surface area contributed by atoms with Crippen LogP contribution < -0.4 is 0 Å². The molecular weight excluding hydrogens is 365 g/mol. The van der Waals surface area contributed by atoms with Crippen LogP contribution in [-0.4, -0.2) is 53.5 Å². The van der Waals surface area contributed by atoms with Gasteiger partial charge in [-0.1, -0.05) is 6.07 Å². The predicted octanol–water partition coefficient (Wildman–Crippen LogP) is 2.80. The number of nitrogens with zero attached hydrogens (tertiary/aromatic N) is 2. The fourth-order valence-electron chi connectivity index (χ4n) is 3.21. The van der Waals surface area contributed by atoms with Crippen LogP contribution in [0.25, 0.3) is 10.9 Å². The molecule has 0 unspecified atom stereocenters. The molecule has 2 heterocycles. The monoisotopic (exact) mass is 382 g/mol. The van der Waals surface area contributed by atoms with Crippen molar-refractivity contribution in [3.05, 3.63) is 35.5 Å². The fraction of sp³-hybridized carbons (Fsp3) is 0.389. The summed E-state index contributed by atoms with van der Waals surface area (Å²) in [6.45, 7) is 0.978. The second-order valence-electron chi connectivity index (χ2n) is 6.31. The minimum atomic E-state index is -5.04. The first-order chi connectivity index (χ1) is 12.7. The zero-order valence-corrected chi connectivity index (χ0v) is 14.5. The van der Waals surface area contributed by atoms with Crippen molar-refractivity contribution < 1.29 is 32.3 Å². The number of ketones is 1. The van der Waals surface area contributed by atoms with E-state index in [2.05, 4.69) is 4.74 Å². The van der Waals surface area contributed by atoms with Crippen LogP contribution in [-0.2, 0) is 16.1 Å². The van der Waals surface area contributed by atoms with Crippen LogP contribution in [0.15, 0.2) is 24.4 Å². The van der Waals surface area contributed by atoms with E-state index in [0.717, 1.165) is 19.0 Å². The second kappa shape index (κ2) is 7.05. The molecule has 0 spiro atoms. The van der Waals surface area contributed by atoms with Gasteiger partial charge in [-0.3, -0.25) is 9.59 Å². The molecule has 0 radical (unpaired) electrons. The number of rotatable bonds is 4. The number of methoxy groups -OCH3 is 1. The molecule has 1 aliphatic heterocycles. The van der Waals surface area contributed by atoms with E-state index in [0.29, 0.717) is 13.1 Å². The van der Waals surface area contributed by atoms with Crippen molar-refractivity contribution in [2.24, 2.45) is 0 Å². The quantitative estimate of drug-likeness (QED) is 0.602. The van der Waals surface area contributed by atoms with Crippen LogP contribution in [0.3, 0.4) is 0 Å². The van der Waals surface area contributed by atoms with Gasteiger partial charge in [0, 0.05) is 24.7 Å². The Balaban J connectivity index is 2.07. The summed E-state index contributed by atoms with van der Waals surface area (Å²) in [5, 5.41) is 0.0270. The van der Waals surface area contributed by atoms with Crippen molar-refractivity contribution in [1.82, 2.24) is 9.47 Å². The largest absolute Gasteiger partial charge is 0.465 e. The van der Waals surface area contributed by atoms with E-state index in [1.807, 2.05) is 0 Å². The molecule has 0 atom stereocenters. The van der Waals surface area contributed by atoms with Gasteiger partial charge < -0.3 is 14.2 Å². The highest BCUT2D eigenvalue weighted by Crippen LogP contribution is 2.29. The standard InChI is InChI=1S/C18H17F3N2O4/c1-27-17(26)11-4-5-12-13(16(25)18(19,20)21)9-23(14(12)8-11)10-15(24)22-6-2-3-7-22/h4-5,8-9H,2-3,6-7,10H2,1H3. The molecule has 1 fully saturated rings. The summed E-state index contributed by atoms with van der Waals surface area (Å²) in [4.78, 5) is 37.6. The summed E-state index contributed by atoms with van der Waals surface area (Å²) in [5.41, 5.74) is -0.245. The number of likely N-dealkylation sites (tertiary alicyclic amines) is 1. The number of hydrogen-bond acceptors (Lipinski definition) is 4. The van der Waals surface area contributed by atoms with Gasteiger partial charge in [0.2, 0.25) is 5.91 Å². The normalized spacial score (nSPS) is 14.6. The number of halogens is 3. The highest BCUT2D eigenvalue weighted by molar-refractivity contribution is 6.11. The molecule has 1 aromatic heterocycles. The Kier molecular flexibility index (Phi) is 4.95. The fourth-order valence-corrected chi connectivity index (χ4v) is 3.21. The van der Waals surface area contributed by atoms with E-state index in [9.17, 15) is 27.6 Å². The van der Waals surface area contributed by atoms with Crippen molar-refractivity contribution in [2.75, 3.05) is 20.2 Å². The smallest absolute Gasteiger partial charge is 0.454 e. The van der Waals surface area contributed by atoms with Gasteiger partial charge in [0.25, 0.3) is 5.78 Å². The van der Waals surface area contributed by atoms with Gasteiger partial charge in [0.05, 0.1) is 23.8 Å². The topological polar surface area (TPSA) is 68.6 Å². The molecule has 1 amide bonds. The minimum absolute atomic E-state index is 0.0270. The number of fused-ring (bicyclic) bond motifs is 1. The van der Waals surface area contributed by atoms with Gasteiger partial charge >= 0.3 is 12.1 Å². The maximum absolute atomic E-state index is 12.9. The summed E-state index contributed by atoms with van der Waals surface area (Å²) in [7, 11) is 1.18. The zero-order chi connectivity index (χ0) is 19.8. The second-order valence-corrected chi connectivity index (χ2v) is 6.31. The van der Waals surface area contributed by atoms with Crippen molar-refractivity contribution >= 4 is 28.6 Å². The van der Waals surface area contributed by atoms with Crippen LogP contribution in [0.2, 0.25) is 0 Å². The number of benzene rings is 1. The van der Waals surface area contributed by atoms with Crippen molar-refractivity contribution in [3.63, 3.8) is 0 Å². The Bertz CT molecular complexity index is 911. The minimum Gasteiger partial charge on any atom is -0.465 e. The number of amides is 1. The first kappa shape index (κ1) is 18.9. The van der Waals surface area contributed by atoms with Gasteiger partial charge in [0.15, 0.2) is 0 Å². The lowest BCUT2D eigenvalue weighted by atomic mass is 10.1. The molecular formula is C18H17F3N2O4. The molecule has 3 rings (SSSR count). The third-order valence-corrected chi connectivity index (χ3v) is 4.57. The number of carbonyl (C=O) groups excluding carboxylic acids is 3. The van der Waals surface area contributed by atoms with Crippen LogP contribution in [0.1, 0.15) is 33.6 Å². The lowest BCUT2D eigenvalue weighted by molar-refractivity contribution is -0.130. The summed E-state index contributed by atoms with van der Waals surface area (Å²) in [6.07, 6.45) is -2.26. The van der Waals surface area contributed by atoms with Crippen LogP contribution in [0, 0.1) is 0 Å². The Hall–Kier alpha value is -2.84. The SMILES string of the molecule is COC(=O)c1ccc2c(C(=O)C(F)(F)F)cn(CC(=O)N3CCCC3)c2c1. The number of esters is 1. The van der Waals surface area contributed by atoms with E-state index >= 15 is 0 Å². The average molecular weight is 382 g/mol. The van der Waals surface area contributed by atoms with Gasteiger partial charge in [0.1, 0.15) is 6.54 Å². The lowest BCUT2D eigenvalue weighted by Gasteiger charge is -2.16. The lowest BCUT2D eigenvalue weighted by Crippen LogP contribution is -2.30. The van der Waals surface area contributed by atoms with E-state index in [4.69, 9.17) is 0 Å². The summed E-state index contributed by atoms with van der Waals surface area (Å²) in [5.74, 6) is -2.91. The summed E-state index contributed by atoms with van der Waals surface area (Å²) < 4.78 is 44.7. The molecule has 1 aliphatic rings. The molecule has 2 aromatic rings. The highest BCUT2D eigenvalue weighted by atomic mass is 19.4. The molecule has 0 N–H and O–H groups in total. The van der Waals surface area contributed by atoms with Crippen molar-refractivity contribution in [3.8, 4) is 0 Å². The molecule has 1 saturated heterocycles. The molecule has 1 aromatic carbocycles. The third kappa shape index (κ3) is 3.67. The van der Waals surface area contributed by atoms with E-state index in [1.54, 1.807) is 4.90 Å². The molecule has 9 heteroatoms. The van der Waals surface area contributed by atoms with Crippen LogP contribution in [0.4, 0.5) is 13.2 Å². The Labute approximate surface area is 152 Å². The van der Waals surface area contributed by atoms with Crippen molar-refractivity contribution in [2.45, 2.75) is 25.6 Å². The number of Topliss-reactive ketones (excluding diaryl/α,β-unsaturated/α-hetero) is 1. The summed E-state index contributed by atoms with van der Waals surface area (Å²) in [6, 6.07) is 3.87. The number of carbonyl (C=O) groups is 3. The van der Waals surface area contributed by atoms with E-state index < -0.39 is 23.5 Å².